The molecule has 0 saturated heterocycles. The Bertz CT molecular complexity index is 1070. The zero-order valence-corrected chi connectivity index (χ0v) is 20.7. The second-order valence-corrected chi connectivity index (χ2v) is 10.4. The van der Waals surface area contributed by atoms with Crippen molar-refractivity contribution >= 4 is 46.4 Å². The van der Waals surface area contributed by atoms with Crippen LogP contribution in [0.5, 0.6) is 0 Å². The molecule has 0 aliphatic carbocycles. The van der Waals surface area contributed by atoms with Gasteiger partial charge >= 0.3 is 5.97 Å². The van der Waals surface area contributed by atoms with Crippen molar-refractivity contribution in [2.75, 3.05) is 20.1 Å². The SMILES string of the molecule is CN1CCc2ccc(CC(=O)[C@@H](CCC(=O)CCC(=O)O)NC(=O)c3ccc(Cl)s3)cc2CC1. The molecule has 0 fully saturated rings. The second kappa shape index (κ2) is 12.2. The normalized spacial score (nSPS) is 14.6. The highest BCUT2D eigenvalue weighted by atomic mass is 35.5. The number of aliphatic carboxylic acids is 1. The van der Waals surface area contributed by atoms with Crippen LogP contribution in [0.15, 0.2) is 30.3 Å². The van der Waals surface area contributed by atoms with Gasteiger partial charge in [-0.1, -0.05) is 29.8 Å². The van der Waals surface area contributed by atoms with Gasteiger partial charge in [0.25, 0.3) is 5.91 Å². The number of hydrogen-bond donors (Lipinski definition) is 2. The van der Waals surface area contributed by atoms with E-state index in [-0.39, 0.29) is 43.7 Å². The van der Waals surface area contributed by atoms with Gasteiger partial charge in [-0.05, 0) is 55.1 Å². The third-order valence-electron chi connectivity index (χ3n) is 6.00. The number of rotatable bonds is 11. The van der Waals surface area contributed by atoms with Gasteiger partial charge in [0.1, 0.15) is 5.78 Å². The van der Waals surface area contributed by atoms with Crippen LogP contribution in [0.2, 0.25) is 4.34 Å². The highest BCUT2D eigenvalue weighted by Gasteiger charge is 2.24. The van der Waals surface area contributed by atoms with Crippen LogP contribution in [0.25, 0.3) is 0 Å². The Labute approximate surface area is 208 Å². The van der Waals surface area contributed by atoms with Gasteiger partial charge in [0, 0.05) is 32.4 Å². The van der Waals surface area contributed by atoms with Crippen molar-refractivity contribution in [1.82, 2.24) is 10.2 Å². The molecular weight excluding hydrogens is 476 g/mol. The van der Waals surface area contributed by atoms with E-state index in [1.165, 1.54) is 11.1 Å². The number of nitrogens with zero attached hydrogens (tertiary/aromatic N) is 1. The lowest BCUT2D eigenvalue weighted by Gasteiger charge is -2.18. The van der Waals surface area contributed by atoms with Gasteiger partial charge in [-0.3, -0.25) is 19.2 Å². The average molecular weight is 505 g/mol. The molecule has 0 spiro atoms. The smallest absolute Gasteiger partial charge is 0.303 e. The summed E-state index contributed by atoms with van der Waals surface area (Å²) in [5.41, 5.74) is 3.42. The third-order valence-corrected chi connectivity index (χ3v) is 7.23. The van der Waals surface area contributed by atoms with E-state index < -0.39 is 17.9 Å². The molecule has 34 heavy (non-hydrogen) atoms. The second-order valence-electron chi connectivity index (χ2n) is 8.65. The summed E-state index contributed by atoms with van der Waals surface area (Å²) in [7, 11) is 2.10. The minimum atomic E-state index is -1.04. The molecule has 1 aliphatic heterocycles. The number of benzene rings is 1. The van der Waals surface area contributed by atoms with Gasteiger partial charge < -0.3 is 15.3 Å². The van der Waals surface area contributed by atoms with Crippen LogP contribution in [-0.4, -0.2) is 59.6 Å². The summed E-state index contributed by atoms with van der Waals surface area (Å²) in [4.78, 5) is 51.4. The number of nitrogens with one attached hydrogen (secondary N) is 1. The maximum atomic E-state index is 13.2. The highest BCUT2D eigenvalue weighted by Crippen LogP contribution is 2.22. The molecule has 1 atom stereocenters. The molecule has 9 heteroatoms. The van der Waals surface area contributed by atoms with Crippen LogP contribution in [0, 0.1) is 0 Å². The highest BCUT2D eigenvalue weighted by molar-refractivity contribution is 7.18. The van der Waals surface area contributed by atoms with Crippen LogP contribution in [0.1, 0.15) is 52.0 Å². The molecule has 3 rings (SSSR count). The number of carboxylic acid groups (broad SMARTS) is 1. The molecule has 0 unspecified atom stereocenters. The molecule has 182 valence electrons. The van der Waals surface area contributed by atoms with E-state index >= 15 is 0 Å². The van der Waals surface area contributed by atoms with Crippen molar-refractivity contribution in [2.24, 2.45) is 0 Å². The van der Waals surface area contributed by atoms with Crippen molar-refractivity contribution in [1.29, 1.82) is 0 Å². The minimum absolute atomic E-state index is 0.0195. The van der Waals surface area contributed by atoms with Gasteiger partial charge in [-0.15, -0.1) is 11.3 Å². The fraction of sp³-hybridized carbons (Fsp3) is 0.440. The van der Waals surface area contributed by atoms with Crippen LogP contribution >= 0.6 is 22.9 Å². The van der Waals surface area contributed by atoms with E-state index in [0.717, 1.165) is 42.8 Å². The maximum absolute atomic E-state index is 13.2. The first-order valence-electron chi connectivity index (χ1n) is 11.3. The van der Waals surface area contributed by atoms with E-state index in [9.17, 15) is 19.2 Å². The largest absolute Gasteiger partial charge is 0.481 e. The van der Waals surface area contributed by atoms with Crippen LogP contribution < -0.4 is 5.32 Å². The lowest BCUT2D eigenvalue weighted by molar-refractivity contribution is -0.138. The minimum Gasteiger partial charge on any atom is -0.481 e. The molecule has 0 saturated carbocycles. The quantitative estimate of drug-likeness (QED) is 0.485. The average Bonchev–Trinajstić information content (AvgIpc) is 3.15. The van der Waals surface area contributed by atoms with Gasteiger partial charge in [-0.25, -0.2) is 0 Å². The Balaban J connectivity index is 1.69. The number of thiophene rings is 1. The van der Waals surface area contributed by atoms with Crippen LogP contribution in [0.4, 0.5) is 0 Å². The number of carboxylic acids is 1. The third kappa shape index (κ3) is 7.75. The first kappa shape index (κ1) is 26.1. The van der Waals surface area contributed by atoms with Crippen molar-refractivity contribution in [3.8, 4) is 0 Å². The van der Waals surface area contributed by atoms with E-state index in [1.807, 2.05) is 6.07 Å². The Morgan fingerprint density at radius 1 is 1.06 bits per heavy atom. The number of carbonyl (C=O) groups excluding carboxylic acids is 3. The number of fused-ring (bicyclic) bond motifs is 1. The molecule has 2 N–H and O–H groups in total. The van der Waals surface area contributed by atoms with Crippen molar-refractivity contribution < 1.29 is 24.3 Å². The summed E-state index contributed by atoms with van der Waals surface area (Å²) < 4.78 is 0.465. The fourth-order valence-corrected chi connectivity index (χ4v) is 4.93. The Hall–Kier alpha value is -2.55. The summed E-state index contributed by atoms with van der Waals surface area (Å²) in [5.74, 6) is -1.90. The van der Waals surface area contributed by atoms with E-state index in [4.69, 9.17) is 16.7 Å². The van der Waals surface area contributed by atoms with E-state index in [1.54, 1.807) is 12.1 Å². The molecule has 7 nitrogen and oxygen atoms in total. The molecular formula is C25H29ClN2O5S. The topological polar surface area (TPSA) is 104 Å². The van der Waals surface area contributed by atoms with Crippen LogP contribution in [-0.2, 0) is 33.6 Å². The number of carbonyl (C=O) groups is 4. The van der Waals surface area contributed by atoms with Crippen molar-refractivity contribution in [2.45, 2.75) is 51.0 Å². The molecule has 1 aromatic carbocycles. The molecule has 0 bridgehead atoms. The van der Waals surface area contributed by atoms with Gasteiger partial charge in [0.15, 0.2) is 5.78 Å². The fourth-order valence-electron chi connectivity index (χ4n) is 3.98. The lowest BCUT2D eigenvalue weighted by Crippen LogP contribution is -2.41. The van der Waals surface area contributed by atoms with Crippen LogP contribution in [0.3, 0.4) is 0 Å². The first-order valence-corrected chi connectivity index (χ1v) is 12.5. The summed E-state index contributed by atoms with van der Waals surface area (Å²) in [5, 5.41) is 11.5. The summed E-state index contributed by atoms with van der Waals surface area (Å²) in [6, 6.07) is 8.45. The number of Topliss-reactive ketones (excluding diaryl/α,β-unsaturated/α-hetero) is 2. The molecule has 1 aromatic heterocycles. The molecule has 1 amide bonds. The standard InChI is InChI=1S/C25H29ClN2O5S/c1-28-12-10-17-3-2-16(14-18(17)11-13-28)15-21(30)20(6-4-19(29)5-9-24(31)32)27-25(33)22-7-8-23(26)34-22/h2-3,7-8,14,20H,4-6,9-13,15H2,1H3,(H,27,33)(H,31,32)/t20-/m1/s1. The zero-order chi connectivity index (χ0) is 24.7. The molecule has 2 aromatic rings. The number of ketones is 2. The predicted octanol–water partition coefficient (Wildman–Crippen LogP) is 3.56. The summed E-state index contributed by atoms with van der Waals surface area (Å²) >= 11 is 7.04. The van der Waals surface area contributed by atoms with E-state index in [0.29, 0.717) is 9.21 Å². The summed E-state index contributed by atoms with van der Waals surface area (Å²) in [6.07, 6.45) is 1.84. The zero-order valence-electron chi connectivity index (χ0n) is 19.1. The predicted molar refractivity (Wildman–Crippen MR) is 132 cm³/mol. The Morgan fingerprint density at radius 2 is 1.79 bits per heavy atom. The number of likely N-dealkylation sites (N-methyl/N-ethyl adjacent to an activating group) is 1. The number of amides is 1. The van der Waals surface area contributed by atoms with Gasteiger partial charge in [0.05, 0.1) is 21.7 Å². The van der Waals surface area contributed by atoms with Crippen molar-refractivity contribution in [3.63, 3.8) is 0 Å². The maximum Gasteiger partial charge on any atom is 0.303 e. The number of halogens is 1. The van der Waals surface area contributed by atoms with Crippen molar-refractivity contribution in [3.05, 3.63) is 56.2 Å². The summed E-state index contributed by atoms with van der Waals surface area (Å²) in [6.45, 7) is 1.97. The Kier molecular flexibility index (Phi) is 9.38. The lowest BCUT2D eigenvalue weighted by atomic mass is 9.94. The molecule has 0 radical (unpaired) electrons. The molecule has 2 heterocycles. The first-order chi connectivity index (χ1) is 16.2. The monoisotopic (exact) mass is 504 g/mol. The molecule has 1 aliphatic rings. The number of hydrogen-bond acceptors (Lipinski definition) is 6. The van der Waals surface area contributed by atoms with Gasteiger partial charge in [0.2, 0.25) is 0 Å². The van der Waals surface area contributed by atoms with Gasteiger partial charge in [-0.2, -0.15) is 0 Å². The van der Waals surface area contributed by atoms with E-state index in [2.05, 4.69) is 29.4 Å². The Morgan fingerprint density at radius 3 is 2.47 bits per heavy atom.